The molecule has 2 atom stereocenters. The van der Waals surface area contributed by atoms with E-state index in [-0.39, 0.29) is 31.5 Å². The van der Waals surface area contributed by atoms with Crippen molar-refractivity contribution in [3.05, 3.63) is 0 Å². The molecule has 1 rings (SSSR count). The first kappa shape index (κ1) is 16.7. The van der Waals surface area contributed by atoms with Crippen LogP contribution in [-0.2, 0) is 9.53 Å². The van der Waals surface area contributed by atoms with Crippen molar-refractivity contribution in [3.63, 3.8) is 0 Å². The van der Waals surface area contributed by atoms with E-state index in [1.807, 2.05) is 0 Å². The van der Waals surface area contributed by atoms with Gasteiger partial charge in [-0.15, -0.1) is 0 Å². The van der Waals surface area contributed by atoms with Gasteiger partial charge < -0.3 is 24.7 Å². The smallest absolute Gasteiger partial charge is 0.319 e. The van der Waals surface area contributed by atoms with Crippen molar-refractivity contribution < 1.29 is 24.5 Å². The Morgan fingerprint density at radius 1 is 1.50 bits per heavy atom. The maximum absolute atomic E-state index is 12.2. The zero-order valence-electron chi connectivity index (χ0n) is 12.1. The number of carboxylic acid groups (broad SMARTS) is 1. The fraction of sp³-hybridized carbons (Fsp3) is 0.846. The molecule has 0 saturated carbocycles. The minimum atomic E-state index is -0.797. The number of aliphatic hydroxyl groups is 1. The number of amides is 2. The van der Waals surface area contributed by atoms with Crippen LogP contribution in [0, 0.1) is 5.92 Å². The standard InChI is InChI=1S/C13H24N2O5/c1-14(8-11(16)9-20-2)13(19)15-6-5-10(7-15)3-4-12(17)18/h10-11,16H,3-9H2,1-2H3,(H,17,18). The minimum absolute atomic E-state index is 0.127. The highest BCUT2D eigenvalue weighted by Crippen LogP contribution is 2.21. The van der Waals surface area contributed by atoms with Gasteiger partial charge in [-0.2, -0.15) is 0 Å². The van der Waals surface area contributed by atoms with Crippen LogP contribution in [0.4, 0.5) is 4.79 Å². The van der Waals surface area contributed by atoms with Crippen LogP contribution >= 0.6 is 0 Å². The Hall–Kier alpha value is -1.34. The van der Waals surface area contributed by atoms with Crippen LogP contribution in [0.1, 0.15) is 19.3 Å². The van der Waals surface area contributed by atoms with Crippen molar-refractivity contribution in [3.8, 4) is 0 Å². The average Bonchev–Trinajstić information content (AvgIpc) is 2.84. The molecule has 1 heterocycles. The number of aliphatic carboxylic acids is 1. The molecular weight excluding hydrogens is 264 g/mol. The average molecular weight is 288 g/mol. The van der Waals surface area contributed by atoms with E-state index >= 15 is 0 Å². The number of carbonyl (C=O) groups excluding carboxylic acids is 1. The summed E-state index contributed by atoms with van der Waals surface area (Å²) in [5.74, 6) is -0.540. The maximum atomic E-state index is 12.2. The number of aliphatic hydroxyl groups excluding tert-OH is 1. The van der Waals surface area contributed by atoms with E-state index < -0.39 is 12.1 Å². The summed E-state index contributed by atoms with van der Waals surface area (Å²) in [6.07, 6.45) is 0.900. The number of urea groups is 1. The largest absolute Gasteiger partial charge is 0.481 e. The molecule has 0 aliphatic carbocycles. The van der Waals surface area contributed by atoms with Gasteiger partial charge in [-0.05, 0) is 18.8 Å². The van der Waals surface area contributed by atoms with Gasteiger partial charge in [0.2, 0.25) is 0 Å². The number of rotatable bonds is 7. The normalized spacial score (nSPS) is 19.9. The van der Waals surface area contributed by atoms with Gasteiger partial charge in [0.25, 0.3) is 0 Å². The van der Waals surface area contributed by atoms with Gasteiger partial charge in [-0.1, -0.05) is 0 Å². The molecule has 2 amide bonds. The summed E-state index contributed by atoms with van der Waals surface area (Å²) < 4.78 is 4.82. The van der Waals surface area contributed by atoms with Gasteiger partial charge in [0.1, 0.15) is 0 Å². The molecule has 1 fully saturated rings. The van der Waals surface area contributed by atoms with Gasteiger partial charge in [0.15, 0.2) is 0 Å². The van der Waals surface area contributed by atoms with Gasteiger partial charge in [0, 0.05) is 33.7 Å². The van der Waals surface area contributed by atoms with E-state index in [1.54, 1.807) is 11.9 Å². The number of carboxylic acids is 1. The number of hydrogen-bond donors (Lipinski definition) is 2. The van der Waals surface area contributed by atoms with Gasteiger partial charge >= 0.3 is 12.0 Å². The molecule has 7 nitrogen and oxygen atoms in total. The quantitative estimate of drug-likeness (QED) is 0.700. The summed E-state index contributed by atoms with van der Waals surface area (Å²) in [5.41, 5.74) is 0. The first-order chi connectivity index (χ1) is 9.43. The Bertz CT molecular complexity index is 337. The summed E-state index contributed by atoms with van der Waals surface area (Å²) >= 11 is 0. The molecule has 1 aliphatic rings. The van der Waals surface area contributed by atoms with Gasteiger partial charge in [-0.25, -0.2) is 4.79 Å². The van der Waals surface area contributed by atoms with Crippen LogP contribution in [0.25, 0.3) is 0 Å². The first-order valence-electron chi connectivity index (χ1n) is 6.82. The van der Waals surface area contributed by atoms with Crippen LogP contribution in [0.15, 0.2) is 0 Å². The lowest BCUT2D eigenvalue weighted by Crippen LogP contribution is -2.43. The van der Waals surface area contributed by atoms with Crippen LogP contribution < -0.4 is 0 Å². The number of nitrogens with zero attached hydrogens (tertiary/aromatic N) is 2. The SMILES string of the molecule is COCC(O)CN(C)C(=O)N1CCC(CCC(=O)O)C1. The predicted molar refractivity (Wildman–Crippen MR) is 72.5 cm³/mol. The fourth-order valence-electron chi connectivity index (χ4n) is 2.45. The Labute approximate surface area is 119 Å². The highest BCUT2D eigenvalue weighted by atomic mass is 16.5. The zero-order chi connectivity index (χ0) is 15.1. The second-order valence-electron chi connectivity index (χ2n) is 5.31. The van der Waals surface area contributed by atoms with Crippen molar-refractivity contribution in [1.82, 2.24) is 9.80 Å². The van der Waals surface area contributed by atoms with Crippen molar-refractivity contribution in [2.75, 3.05) is 40.4 Å². The second-order valence-corrected chi connectivity index (χ2v) is 5.31. The lowest BCUT2D eigenvalue weighted by Gasteiger charge is -2.26. The van der Waals surface area contributed by atoms with Crippen molar-refractivity contribution in [1.29, 1.82) is 0 Å². The lowest BCUT2D eigenvalue weighted by molar-refractivity contribution is -0.137. The third-order valence-electron chi connectivity index (χ3n) is 3.49. The highest BCUT2D eigenvalue weighted by molar-refractivity contribution is 5.74. The molecule has 0 spiro atoms. The van der Waals surface area contributed by atoms with E-state index in [4.69, 9.17) is 9.84 Å². The number of likely N-dealkylation sites (N-methyl/N-ethyl adjacent to an activating group) is 1. The molecular formula is C13H24N2O5. The number of hydrogen-bond acceptors (Lipinski definition) is 4. The molecule has 0 aromatic heterocycles. The maximum Gasteiger partial charge on any atom is 0.319 e. The molecule has 0 radical (unpaired) electrons. The number of likely N-dealkylation sites (tertiary alicyclic amines) is 1. The van der Waals surface area contributed by atoms with E-state index in [2.05, 4.69) is 0 Å². The van der Waals surface area contributed by atoms with Crippen LogP contribution in [-0.4, -0.2) is 78.5 Å². The molecule has 2 N–H and O–H groups in total. The number of methoxy groups -OCH3 is 1. The summed E-state index contributed by atoms with van der Waals surface area (Å²) in [4.78, 5) is 25.9. The third-order valence-corrected chi connectivity index (χ3v) is 3.49. The molecule has 0 bridgehead atoms. The molecule has 20 heavy (non-hydrogen) atoms. The van der Waals surface area contributed by atoms with E-state index in [0.717, 1.165) is 6.42 Å². The van der Waals surface area contributed by atoms with Crippen LogP contribution in [0.2, 0.25) is 0 Å². The molecule has 2 unspecified atom stereocenters. The summed E-state index contributed by atoms with van der Waals surface area (Å²) in [6, 6.07) is -0.127. The molecule has 1 aliphatic heterocycles. The van der Waals surface area contributed by atoms with Crippen LogP contribution in [0.3, 0.4) is 0 Å². The van der Waals surface area contributed by atoms with Gasteiger partial charge in [0.05, 0.1) is 19.3 Å². The predicted octanol–water partition coefficient (Wildman–Crippen LogP) is 0.232. The van der Waals surface area contributed by atoms with Gasteiger partial charge in [-0.3, -0.25) is 4.79 Å². The van der Waals surface area contributed by atoms with E-state index in [0.29, 0.717) is 19.5 Å². The highest BCUT2D eigenvalue weighted by Gasteiger charge is 2.28. The lowest BCUT2D eigenvalue weighted by atomic mass is 10.0. The number of carbonyl (C=O) groups is 2. The zero-order valence-corrected chi connectivity index (χ0v) is 12.1. The van der Waals surface area contributed by atoms with Crippen molar-refractivity contribution in [2.45, 2.75) is 25.4 Å². The summed E-state index contributed by atoms with van der Waals surface area (Å²) in [6.45, 7) is 1.66. The van der Waals surface area contributed by atoms with E-state index in [1.165, 1.54) is 12.0 Å². The summed E-state index contributed by atoms with van der Waals surface area (Å²) in [5, 5.41) is 18.3. The molecule has 116 valence electrons. The Morgan fingerprint density at radius 2 is 2.20 bits per heavy atom. The Balaban J connectivity index is 2.35. The first-order valence-corrected chi connectivity index (χ1v) is 6.82. The topological polar surface area (TPSA) is 90.3 Å². The second kappa shape index (κ2) is 8.06. The van der Waals surface area contributed by atoms with Crippen molar-refractivity contribution >= 4 is 12.0 Å². The Kier molecular flexibility index (Phi) is 6.74. The number of ether oxygens (including phenoxy) is 1. The molecule has 0 aromatic carbocycles. The Morgan fingerprint density at radius 3 is 2.80 bits per heavy atom. The fourth-order valence-corrected chi connectivity index (χ4v) is 2.45. The third kappa shape index (κ3) is 5.34. The molecule has 0 aromatic rings. The molecule has 1 saturated heterocycles. The summed E-state index contributed by atoms with van der Waals surface area (Å²) in [7, 11) is 3.14. The molecule has 7 heteroatoms. The minimum Gasteiger partial charge on any atom is -0.481 e. The van der Waals surface area contributed by atoms with Crippen LogP contribution in [0.5, 0.6) is 0 Å². The van der Waals surface area contributed by atoms with Crippen molar-refractivity contribution in [2.24, 2.45) is 5.92 Å². The monoisotopic (exact) mass is 288 g/mol. The van der Waals surface area contributed by atoms with E-state index in [9.17, 15) is 14.7 Å².